The Bertz CT molecular complexity index is 714. The average Bonchev–Trinajstić information content (AvgIpc) is 2.57. The molecule has 2 rings (SSSR count). The minimum Gasteiger partial charge on any atom is -0.302 e. The van der Waals surface area contributed by atoms with Crippen LogP contribution < -0.4 is 16.2 Å². The fourth-order valence-corrected chi connectivity index (χ4v) is 2.09. The van der Waals surface area contributed by atoms with Crippen molar-refractivity contribution in [3.05, 3.63) is 60.8 Å². The van der Waals surface area contributed by atoms with Crippen LogP contribution in [0.15, 0.2) is 55.3 Å². The van der Waals surface area contributed by atoms with Crippen molar-refractivity contribution in [2.75, 3.05) is 6.54 Å². The fourth-order valence-electron chi connectivity index (χ4n) is 2.09. The van der Waals surface area contributed by atoms with Crippen molar-refractivity contribution in [3.8, 4) is 0 Å². The van der Waals surface area contributed by atoms with E-state index in [9.17, 15) is 19.2 Å². The van der Waals surface area contributed by atoms with Gasteiger partial charge >= 0.3 is 6.03 Å². The second kappa shape index (κ2) is 7.23. The molecule has 1 aliphatic heterocycles. The normalized spacial score (nSPS) is 17.1. The highest BCUT2D eigenvalue weighted by atomic mass is 16.2. The number of hydrogen-bond donors (Lipinski definition) is 3. The van der Waals surface area contributed by atoms with Crippen LogP contribution in [-0.4, -0.2) is 35.2 Å². The Morgan fingerprint density at radius 1 is 1.21 bits per heavy atom. The van der Waals surface area contributed by atoms with E-state index in [1.165, 1.54) is 6.08 Å². The Labute approximate surface area is 138 Å². The standard InChI is InChI=1S/C16H16N4O4/c1-3-9-20-15(23)12(14(22)17-16(20)24)10(2)18-19-13(21)11-7-5-4-6-8-11/h3-8,12,18H,1-2,9H2,(H,19,21)(H,17,22,24)/t12-/m1/s1. The number of carbonyl (C=O) groups excluding carboxylic acids is 4. The molecule has 1 aliphatic rings. The second-order valence-electron chi connectivity index (χ2n) is 4.94. The zero-order valence-electron chi connectivity index (χ0n) is 12.7. The Morgan fingerprint density at radius 2 is 1.88 bits per heavy atom. The summed E-state index contributed by atoms with van der Waals surface area (Å²) >= 11 is 0. The predicted octanol–water partition coefficient (Wildman–Crippen LogP) is 0.315. The number of carbonyl (C=O) groups is 4. The summed E-state index contributed by atoms with van der Waals surface area (Å²) in [6.45, 7) is 7.00. The Morgan fingerprint density at radius 3 is 2.50 bits per heavy atom. The number of hydrazine groups is 1. The maximum absolute atomic E-state index is 12.3. The number of hydrogen-bond acceptors (Lipinski definition) is 5. The largest absolute Gasteiger partial charge is 0.331 e. The summed E-state index contributed by atoms with van der Waals surface area (Å²) in [5.41, 5.74) is 5.14. The van der Waals surface area contributed by atoms with E-state index >= 15 is 0 Å². The molecule has 1 fully saturated rings. The van der Waals surface area contributed by atoms with Gasteiger partial charge in [-0.1, -0.05) is 30.9 Å². The molecule has 1 atom stereocenters. The number of nitrogens with zero attached hydrogens (tertiary/aromatic N) is 1. The van der Waals surface area contributed by atoms with Gasteiger partial charge < -0.3 is 5.43 Å². The first-order chi connectivity index (χ1) is 11.5. The van der Waals surface area contributed by atoms with Crippen molar-refractivity contribution >= 4 is 23.8 Å². The van der Waals surface area contributed by atoms with E-state index < -0.39 is 29.7 Å². The highest BCUT2D eigenvalue weighted by Gasteiger charge is 2.41. The highest BCUT2D eigenvalue weighted by Crippen LogP contribution is 2.15. The van der Waals surface area contributed by atoms with E-state index in [0.717, 1.165) is 4.90 Å². The summed E-state index contributed by atoms with van der Waals surface area (Å²) < 4.78 is 0. The van der Waals surface area contributed by atoms with E-state index in [1.54, 1.807) is 30.3 Å². The van der Waals surface area contributed by atoms with Crippen molar-refractivity contribution in [3.63, 3.8) is 0 Å². The summed E-state index contributed by atoms with van der Waals surface area (Å²) in [6, 6.07) is 7.54. The molecule has 0 saturated carbocycles. The number of benzene rings is 1. The molecule has 1 aromatic carbocycles. The zero-order valence-corrected chi connectivity index (χ0v) is 12.7. The third kappa shape index (κ3) is 3.49. The van der Waals surface area contributed by atoms with Crippen LogP contribution >= 0.6 is 0 Å². The topological polar surface area (TPSA) is 108 Å². The summed E-state index contributed by atoms with van der Waals surface area (Å²) in [6.07, 6.45) is 1.36. The Kier molecular flexibility index (Phi) is 5.10. The lowest BCUT2D eigenvalue weighted by molar-refractivity contribution is -0.140. The zero-order chi connectivity index (χ0) is 17.7. The number of rotatable bonds is 6. The van der Waals surface area contributed by atoms with Gasteiger partial charge in [0, 0.05) is 17.8 Å². The predicted molar refractivity (Wildman–Crippen MR) is 85.1 cm³/mol. The first-order valence-corrected chi connectivity index (χ1v) is 7.03. The van der Waals surface area contributed by atoms with E-state index in [2.05, 4.69) is 29.3 Å². The summed E-state index contributed by atoms with van der Waals surface area (Å²) in [4.78, 5) is 48.6. The molecule has 0 aromatic heterocycles. The molecule has 1 saturated heterocycles. The van der Waals surface area contributed by atoms with E-state index in [0.29, 0.717) is 5.56 Å². The van der Waals surface area contributed by atoms with Crippen LogP contribution in [0.25, 0.3) is 0 Å². The van der Waals surface area contributed by atoms with Crippen molar-refractivity contribution in [1.82, 2.24) is 21.1 Å². The first kappa shape index (κ1) is 16.9. The van der Waals surface area contributed by atoms with Crippen molar-refractivity contribution < 1.29 is 19.2 Å². The van der Waals surface area contributed by atoms with Gasteiger partial charge in [-0.05, 0) is 12.1 Å². The molecule has 0 bridgehead atoms. The third-order valence-corrected chi connectivity index (χ3v) is 3.28. The van der Waals surface area contributed by atoms with Crippen LogP contribution in [0.4, 0.5) is 4.79 Å². The Balaban J connectivity index is 2.04. The monoisotopic (exact) mass is 328 g/mol. The quantitative estimate of drug-likeness (QED) is 0.396. The van der Waals surface area contributed by atoms with Crippen molar-refractivity contribution in [2.45, 2.75) is 0 Å². The molecule has 5 amide bonds. The highest BCUT2D eigenvalue weighted by molar-refractivity contribution is 6.17. The van der Waals surface area contributed by atoms with E-state index in [4.69, 9.17) is 0 Å². The number of nitrogens with one attached hydrogen (secondary N) is 3. The molecule has 0 spiro atoms. The molecular formula is C16H16N4O4. The summed E-state index contributed by atoms with van der Waals surface area (Å²) in [5.74, 6) is -3.34. The molecule has 0 aliphatic carbocycles. The van der Waals surface area contributed by atoms with E-state index in [1.807, 2.05) is 0 Å². The van der Waals surface area contributed by atoms with Crippen LogP contribution in [0.3, 0.4) is 0 Å². The lowest BCUT2D eigenvalue weighted by atomic mass is 10.0. The smallest absolute Gasteiger partial charge is 0.302 e. The molecule has 1 aromatic rings. The molecule has 8 heteroatoms. The van der Waals surface area contributed by atoms with Crippen LogP contribution in [-0.2, 0) is 9.59 Å². The second-order valence-corrected chi connectivity index (χ2v) is 4.94. The molecule has 124 valence electrons. The Hall–Kier alpha value is -3.42. The molecule has 1 heterocycles. The summed E-state index contributed by atoms with van der Waals surface area (Å²) in [5, 5.41) is 2.06. The first-order valence-electron chi connectivity index (χ1n) is 7.03. The fraction of sp³-hybridized carbons (Fsp3) is 0.125. The summed E-state index contributed by atoms with van der Waals surface area (Å²) in [7, 11) is 0. The maximum atomic E-state index is 12.3. The molecule has 8 nitrogen and oxygen atoms in total. The van der Waals surface area contributed by atoms with Crippen LogP contribution in [0.1, 0.15) is 10.4 Å². The minimum absolute atomic E-state index is 0.0436. The molecular weight excluding hydrogens is 312 g/mol. The van der Waals surface area contributed by atoms with Gasteiger partial charge in [-0.2, -0.15) is 0 Å². The molecule has 3 N–H and O–H groups in total. The van der Waals surface area contributed by atoms with E-state index in [-0.39, 0.29) is 12.2 Å². The molecule has 0 radical (unpaired) electrons. The number of barbiturate groups is 1. The number of urea groups is 1. The maximum Gasteiger partial charge on any atom is 0.331 e. The third-order valence-electron chi connectivity index (χ3n) is 3.28. The van der Waals surface area contributed by atoms with Crippen LogP contribution in [0.5, 0.6) is 0 Å². The van der Waals surface area contributed by atoms with Crippen molar-refractivity contribution in [2.24, 2.45) is 5.92 Å². The van der Waals surface area contributed by atoms with Crippen molar-refractivity contribution in [1.29, 1.82) is 0 Å². The van der Waals surface area contributed by atoms with Gasteiger partial charge in [0.25, 0.3) is 5.91 Å². The minimum atomic E-state index is -1.33. The average molecular weight is 328 g/mol. The number of amides is 5. The number of imide groups is 2. The van der Waals surface area contributed by atoms with Gasteiger partial charge in [0.1, 0.15) is 0 Å². The molecule has 24 heavy (non-hydrogen) atoms. The van der Waals surface area contributed by atoms with Gasteiger partial charge in [-0.15, -0.1) is 6.58 Å². The SMILES string of the molecule is C=CCN1C(=O)NC(=O)[C@@H](C(=C)NNC(=O)c2ccccc2)C1=O. The van der Waals surface area contributed by atoms with Crippen LogP contribution in [0.2, 0.25) is 0 Å². The van der Waals surface area contributed by atoms with Gasteiger partial charge in [0.2, 0.25) is 11.8 Å². The van der Waals surface area contributed by atoms with Gasteiger partial charge in [0.05, 0.1) is 0 Å². The lowest BCUT2D eigenvalue weighted by Crippen LogP contribution is -2.59. The lowest BCUT2D eigenvalue weighted by Gasteiger charge is -2.30. The van der Waals surface area contributed by atoms with Gasteiger partial charge in [0.15, 0.2) is 5.92 Å². The molecule has 0 unspecified atom stereocenters. The van der Waals surface area contributed by atoms with Crippen LogP contribution in [0, 0.1) is 5.92 Å². The van der Waals surface area contributed by atoms with Gasteiger partial charge in [-0.3, -0.25) is 30.0 Å². The van der Waals surface area contributed by atoms with Gasteiger partial charge in [-0.25, -0.2) is 4.79 Å².